The van der Waals surface area contributed by atoms with Crippen molar-refractivity contribution in [3.8, 4) is 0 Å². The first-order valence-electron chi connectivity index (χ1n) is 2.79. The first kappa shape index (κ1) is 7.94. The van der Waals surface area contributed by atoms with Gasteiger partial charge in [-0.25, -0.2) is 0 Å². The molecular weight excluding hydrogens is 105 g/mol. The number of rotatable bonds is 4. The lowest BCUT2D eigenvalue weighted by molar-refractivity contribution is 0.288. The van der Waals surface area contributed by atoms with Crippen molar-refractivity contribution in [3.63, 3.8) is 0 Å². The molecule has 48 valence electrons. The van der Waals surface area contributed by atoms with Crippen LogP contribution < -0.4 is 5.23 Å². The molecule has 0 bridgehead atoms. The van der Waals surface area contributed by atoms with E-state index in [1.54, 1.807) is 6.82 Å². The molecule has 0 fully saturated rings. The highest BCUT2D eigenvalue weighted by Gasteiger charge is 1.97. The Bertz CT molecular complexity index is 51.3. The topological polar surface area (TPSA) is 52.5 Å². The van der Waals surface area contributed by atoms with Gasteiger partial charge in [-0.2, -0.15) is 0 Å². The molecule has 0 amide bonds. The normalized spacial score (nSPS) is 9.38. The van der Waals surface area contributed by atoms with Crippen LogP contribution in [-0.2, 0) is 0 Å². The van der Waals surface area contributed by atoms with Gasteiger partial charge >= 0.3 is 7.05 Å². The standard InChI is InChI=1S/C4H12BNO2/c1-5(8)6-3-2-4-7/h6-8H,2-4H2,1H3. The van der Waals surface area contributed by atoms with Crippen LogP contribution in [0, 0.1) is 0 Å². The minimum Gasteiger partial charge on any atom is -0.437 e. The number of hydrogen-bond donors (Lipinski definition) is 3. The highest BCUT2D eigenvalue weighted by Crippen LogP contribution is 1.71. The molecular formula is C4H12BNO2. The van der Waals surface area contributed by atoms with Crippen molar-refractivity contribution in [2.45, 2.75) is 13.2 Å². The van der Waals surface area contributed by atoms with Crippen molar-refractivity contribution in [1.82, 2.24) is 5.23 Å². The maximum atomic E-state index is 8.59. The largest absolute Gasteiger partial charge is 0.437 e. The summed E-state index contributed by atoms with van der Waals surface area (Å²) in [5, 5.41) is 19.6. The van der Waals surface area contributed by atoms with Crippen LogP contribution in [0.15, 0.2) is 0 Å². The Labute approximate surface area is 49.9 Å². The van der Waals surface area contributed by atoms with Gasteiger partial charge in [0.25, 0.3) is 0 Å². The quantitative estimate of drug-likeness (QED) is 0.329. The van der Waals surface area contributed by atoms with Crippen LogP contribution in [0.4, 0.5) is 0 Å². The maximum Gasteiger partial charge on any atom is 0.373 e. The zero-order chi connectivity index (χ0) is 6.41. The summed E-state index contributed by atoms with van der Waals surface area (Å²) in [5.74, 6) is 0. The highest BCUT2D eigenvalue weighted by molar-refractivity contribution is 6.45. The summed E-state index contributed by atoms with van der Waals surface area (Å²) in [6.45, 7) is 2.51. The minimum absolute atomic E-state index is 0.180. The van der Waals surface area contributed by atoms with Gasteiger partial charge in [-0.1, -0.05) is 0 Å². The van der Waals surface area contributed by atoms with Crippen molar-refractivity contribution in [3.05, 3.63) is 0 Å². The second-order valence-electron chi connectivity index (χ2n) is 1.71. The molecule has 0 aromatic heterocycles. The Balaban J connectivity index is 2.72. The molecule has 0 saturated heterocycles. The van der Waals surface area contributed by atoms with Gasteiger partial charge in [0.2, 0.25) is 0 Å². The number of nitrogens with one attached hydrogen (secondary N) is 1. The van der Waals surface area contributed by atoms with Crippen LogP contribution in [0.3, 0.4) is 0 Å². The summed E-state index contributed by atoms with van der Waals surface area (Å²) in [4.78, 5) is 0. The zero-order valence-corrected chi connectivity index (χ0v) is 5.09. The molecule has 0 saturated carbocycles. The lowest BCUT2D eigenvalue weighted by Gasteiger charge is -1.99. The number of hydrogen-bond acceptors (Lipinski definition) is 3. The van der Waals surface area contributed by atoms with E-state index in [9.17, 15) is 0 Å². The van der Waals surface area contributed by atoms with Crippen molar-refractivity contribution in [1.29, 1.82) is 0 Å². The van der Waals surface area contributed by atoms with Gasteiger partial charge in [0.15, 0.2) is 0 Å². The minimum atomic E-state index is -0.457. The predicted octanol–water partition coefficient (Wildman–Crippen LogP) is -0.931. The average Bonchev–Trinajstić information content (AvgIpc) is 1.66. The highest BCUT2D eigenvalue weighted by atomic mass is 16.3. The van der Waals surface area contributed by atoms with Crippen LogP contribution in [0.1, 0.15) is 6.42 Å². The molecule has 3 N–H and O–H groups in total. The molecule has 8 heavy (non-hydrogen) atoms. The lowest BCUT2D eigenvalue weighted by atomic mass is 9.89. The molecule has 0 aromatic carbocycles. The predicted molar refractivity (Wildman–Crippen MR) is 33.5 cm³/mol. The molecule has 0 aliphatic rings. The smallest absolute Gasteiger partial charge is 0.373 e. The van der Waals surface area contributed by atoms with Gasteiger partial charge in [-0.05, 0) is 19.8 Å². The SMILES string of the molecule is CB(O)NCCCO. The van der Waals surface area contributed by atoms with Gasteiger partial charge in [-0.3, -0.25) is 0 Å². The molecule has 0 heterocycles. The van der Waals surface area contributed by atoms with E-state index in [1.807, 2.05) is 0 Å². The maximum absolute atomic E-state index is 8.59. The summed E-state index contributed by atoms with van der Waals surface area (Å²) in [5.41, 5.74) is 0. The van der Waals surface area contributed by atoms with Gasteiger partial charge in [0.1, 0.15) is 0 Å². The van der Waals surface area contributed by atoms with E-state index in [-0.39, 0.29) is 6.61 Å². The van der Waals surface area contributed by atoms with Crippen LogP contribution in [-0.4, -0.2) is 30.3 Å². The molecule has 0 rings (SSSR count). The van der Waals surface area contributed by atoms with Crippen LogP contribution >= 0.6 is 0 Å². The van der Waals surface area contributed by atoms with E-state index in [0.29, 0.717) is 13.0 Å². The summed E-state index contributed by atoms with van der Waals surface area (Å²) in [6, 6.07) is 0. The molecule has 0 aliphatic carbocycles. The van der Waals surface area contributed by atoms with Gasteiger partial charge in [0.05, 0.1) is 0 Å². The Kier molecular flexibility index (Phi) is 5.05. The van der Waals surface area contributed by atoms with Crippen molar-refractivity contribution in [2.24, 2.45) is 0 Å². The van der Waals surface area contributed by atoms with Crippen LogP contribution in [0.5, 0.6) is 0 Å². The van der Waals surface area contributed by atoms with E-state index in [0.717, 1.165) is 0 Å². The van der Waals surface area contributed by atoms with Crippen LogP contribution in [0.2, 0.25) is 6.82 Å². The number of aliphatic hydroxyl groups excluding tert-OH is 1. The van der Waals surface area contributed by atoms with E-state index in [4.69, 9.17) is 10.1 Å². The van der Waals surface area contributed by atoms with Crippen molar-refractivity contribution >= 4 is 7.05 Å². The van der Waals surface area contributed by atoms with Crippen LogP contribution in [0.25, 0.3) is 0 Å². The van der Waals surface area contributed by atoms with Gasteiger partial charge < -0.3 is 15.4 Å². The summed E-state index contributed by atoms with van der Waals surface area (Å²) in [6.07, 6.45) is 0.699. The Hall–Kier alpha value is -0.0551. The van der Waals surface area contributed by atoms with Gasteiger partial charge in [-0.15, -0.1) is 0 Å². The summed E-state index contributed by atoms with van der Waals surface area (Å²) >= 11 is 0. The van der Waals surface area contributed by atoms with E-state index >= 15 is 0 Å². The number of aliphatic hydroxyl groups is 1. The second-order valence-corrected chi connectivity index (χ2v) is 1.71. The summed E-state index contributed by atoms with van der Waals surface area (Å²) in [7, 11) is -0.457. The molecule has 0 spiro atoms. The molecule has 3 nitrogen and oxygen atoms in total. The lowest BCUT2D eigenvalue weighted by Crippen LogP contribution is -2.31. The first-order valence-corrected chi connectivity index (χ1v) is 2.79. The fraction of sp³-hybridized carbons (Fsp3) is 1.00. The average molecular weight is 117 g/mol. The second kappa shape index (κ2) is 5.09. The molecule has 4 heteroatoms. The van der Waals surface area contributed by atoms with E-state index in [1.165, 1.54) is 0 Å². The van der Waals surface area contributed by atoms with Gasteiger partial charge in [0, 0.05) is 6.61 Å². The Morgan fingerprint density at radius 3 is 2.62 bits per heavy atom. The first-order chi connectivity index (χ1) is 3.77. The van der Waals surface area contributed by atoms with E-state index in [2.05, 4.69) is 5.23 Å². The third-order valence-corrected chi connectivity index (χ3v) is 0.775. The fourth-order valence-electron chi connectivity index (χ4n) is 0.390. The summed E-state index contributed by atoms with van der Waals surface area (Å²) < 4.78 is 0. The third-order valence-electron chi connectivity index (χ3n) is 0.775. The fourth-order valence-corrected chi connectivity index (χ4v) is 0.390. The molecule has 0 unspecified atom stereocenters. The van der Waals surface area contributed by atoms with E-state index < -0.39 is 7.05 Å². The molecule has 0 aromatic rings. The Morgan fingerprint density at radius 1 is 1.62 bits per heavy atom. The molecule has 0 aliphatic heterocycles. The Morgan fingerprint density at radius 2 is 2.25 bits per heavy atom. The van der Waals surface area contributed by atoms with Crippen molar-refractivity contribution < 1.29 is 10.1 Å². The van der Waals surface area contributed by atoms with Crippen molar-refractivity contribution in [2.75, 3.05) is 13.2 Å². The molecule has 0 radical (unpaired) electrons. The zero-order valence-electron chi connectivity index (χ0n) is 5.09. The third kappa shape index (κ3) is 5.94. The monoisotopic (exact) mass is 117 g/mol. The molecule has 0 atom stereocenters.